The van der Waals surface area contributed by atoms with Gasteiger partial charge in [-0.1, -0.05) is 12.8 Å². The average Bonchev–Trinajstić information content (AvgIpc) is 3.04. The zero-order valence-corrected chi connectivity index (χ0v) is 10.7. The minimum absolute atomic E-state index is 0.355. The molecule has 1 heterocycles. The molecule has 3 atom stereocenters. The van der Waals surface area contributed by atoms with E-state index in [0.717, 1.165) is 17.6 Å². The molecule has 2 unspecified atom stereocenters. The van der Waals surface area contributed by atoms with E-state index in [0.29, 0.717) is 12.1 Å². The van der Waals surface area contributed by atoms with Gasteiger partial charge < -0.3 is 9.73 Å². The Morgan fingerprint density at radius 3 is 2.82 bits per heavy atom. The van der Waals surface area contributed by atoms with Crippen molar-refractivity contribution in [1.82, 2.24) is 5.32 Å². The molecule has 0 radical (unpaired) electrons. The zero-order valence-electron chi connectivity index (χ0n) is 10.7. The summed E-state index contributed by atoms with van der Waals surface area (Å²) < 4.78 is 5.46. The molecule has 2 nitrogen and oxygen atoms in total. The molecular weight excluding hydrogens is 210 g/mol. The van der Waals surface area contributed by atoms with Gasteiger partial charge in [0, 0.05) is 6.04 Å². The topological polar surface area (TPSA) is 25.2 Å². The quantitative estimate of drug-likeness (QED) is 0.853. The molecule has 17 heavy (non-hydrogen) atoms. The van der Waals surface area contributed by atoms with Crippen molar-refractivity contribution >= 4 is 0 Å². The maximum absolute atomic E-state index is 5.46. The minimum Gasteiger partial charge on any atom is -0.468 e. The Morgan fingerprint density at radius 2 is 2.12 bits per heavy atom. The van der Waals surface area contributed by atoms with E-state index in [9.17, 15) is 0 Å². The lowest BCUT2D eigenvalue weighted by atomic mass is 9.82. The summed E-state index contributed by atoms with van der Waals surface area (Å²) in [6, 6.07) is 5.10. The van der Waals surface area contributed by atoms with Crippen LogP contribution in [-0.2, 0) is 0 Å². The zero-order chi connectivity index (χ0) is 11.7. The van der Waals surface area contributed by atoms with Gasteiger partial charge in [0.15, 0.2) is 0 Å². The lowest BCUT2D eigenvalue weighted by Crippen LogP contribution is -2.36. The second-order valence-corrected chi connectivity index (χ2v) is 5.86. The van der Waals surface area contributed by atoms with Crippen LogP contribution in [0.2, 0.25) is 0 Å². The van der Waals surface area contributed by atoms with Crippen LogP contribution in [0.4, 0.5) is 0 Å². The van der Waals surface area contributed by atoms with Gasteiger partial charge >= 0.3 is 0 Å². The van der Waals surface area contributed by atoms with Crippen LogP contribution < -0.4 is 5.32 Å². The van der Waals surface area contributed by atoms with Crippen molar-refractivity contribution in [2.75, 3.05) is 0 Å². The van der Waals surface area contributed by atoms with Crippen LogP contribution in [0.25, 0.3) is 0 Å². The summed E-state index contributed by atoms with van der Waals surface area (Å²) in [5, 5.41) is 3.74. The fourth-order valence-corrected chi connectivity index (χ4v) is 3.35. The van der Waals surface area contributed by atoms with E-state index >= 15 is 0 Å². The number of nitrogens with one attached hydrogen (secondary N) is 1. The molecule has 2 fully saturated rings. The summed E-state index contributed by atoms with van der Waals surface area (Å²) in [5.74, 6) is 3.14. The summed E-state index contributed by atoms with van der Waals surface area (Å²) in [5.41, 5.74) is 0. The SMILES string of the molecule is C[C@H](NC1CCCC(C2CC2)C1)c1ccco1. The summed E-state index contributed by atoms with van der Waals surface area (Å²) >= 11 is 0. The highest BCUT2D eigenvalue weighted by molar-refractivity contribution is 5.03. The number of hydrogen-bond acceptors (Lipinski definition) is 2. The molecule has 0 spiro atoms. The Labute approximate surface area is 104 Å². The average molecular weight is 233 g/mol. The minimum atomic E-state index is 0.355. The Kier molecular flexibility index (Phi) is 3.24. The van der Waals surface area contributed by atoms with Crippen LogP contribution in [0.5, 0.6) is 0 Å². The molecule has 0 aromatic carbocycles. The van der Waals surface area contributed by atoms with Crippen molar-refractivity contribution < 1.29 is 4.42 Å². The molecular formula is C15H23NO. The summed E-state index contributed by atoms with van der Waals surface area (Å²) in [7, 11) is 0. The first-order chi connectivity index (χ1) is 8.33. The van der Waals surface area contributed by atoms with E-state index in [1.165, 1.54) is 38.5 Å². The maximum Gasteiger partial charge on any atom is 0.120 e. The molecule has 94 valence electrons. The third kappa shape index (κ3) is 2.74. The fourth-order valence-electron chi connectivity index (χ4n) is 3.35. The molecule has 3 rings (SSSR count). The highest BCUT2D eigenvalue weighted by Gasteiger charge is 2.34. The third-order valence-corrected chi connectivity index (χ3v) is 4.46. The monoisotopic (exact) mass is 233 g/mol. The molecule has 0 saturated heterocycles. The lowest BCUT2D eigenvalue weighted by molar-refractivity contribution is 0.242. The van der Waals surface area contributed by atoms with E-state index in [2.05, 4.69) is 18.3 Å². The van der Waals surface area contributed by atoms with Gasteiger partial charge in [0.1, 0.15) is 5.76 Å². The second kappa shape index (κ2) is 4.85. The van der Waals surface area contributed by atoms with E-state index < -0.39 is 0 Å². The standard InChI is InChI=1S/C15H23NO/c1-11(15-6-3-9-17-15)16-14-5-2-4-13(10-14)12-7-8-12/h3,6,9,11-14,16H,2,4-5,7-8,10H2,1H3/t11-,13?,14?/m0/s1. The van der Waals surface area contributed by atoms with Crippen molar-refractivity contribution in [3.63, 3.8) is 0 Å². The Hall–Kier alpha value is -0.760. The molecule has 2 heteroatoms. The van der Waals surface area contributed by atoms with Crippen LogP contribution in [0.1, 0.15) is 57.3 Å². The highest BCUT2D eigenvalue weighted by Crippen LogP contribution is 2.44. The van der Waals surface area contributed by atoms with Gasteiger partial charge in [-0.3, -0.25) is 0 Å². The predicted octanol–water partition coefficient (Wildman–Crippen LogP) is 3.90. The van der Waals surface area contributed by atoms with Crippen molar-refractivity contribution in [3.05, 3.63) is 24.2 Å². The van der Waals surface area contributed by atoms with Crippen LogP contribution in [0.15, 0.2) is 22.8 Å². The van der Waals surface area contributed by atoms with Gasteiger partial charge in [0.05, 0.1) is 12.3 Å². The van der Waals surface area contributed by atoms with E-state index in [4.69, 9.17) is 4.42 Å². The molecule has 1 N–H and O–H groups in total. The smallest absolute Gasteiger partial charge is 0.120 e. The van der Waals surface area contributed by atoms with Gasteiger partial charge in [-0.05, 0) is 56.6 Å². The van der Waals surface area contributed by atoms with Crippen LogP contribution >= 0.6 is 0 Å². The van der Waals surface area contributed by atoms with E-state index in [1.807, 2.05) is 6.07 Å². The summed E-state index contributed by atoms with van der Waals surface area (Å²) in [6.45, 7) is 2.21. The number of hydrogen-bond donors (Lipinski definition) is 1. The molecule has 2 saturated carbocycles. The van der Waals surface area contributed by atoms with Gasteiger partial charge in [0.2, 0.25) is 0 Å². The number of furan rings is 1. The summed E-state index contributed by atoms with van der Waals surface area (Å²) in [6.07, 6.45) is 10.4. The van der Waals surface area contributed by atoms with Gasteiger partial charge in [-0.15, -0.1) is 0 Å². The molecule has 2 aliphatic carbocycles. The van der Waals surface area contributed by atoms with E-state index in [-0.39, 0.29) is 0 Å². The number of rotatable bonds is 4. The Balaban J connectivity index is 1.53. The van der Waals surface area contributed by atoms with Crippen LogP contribution in [0.3, 0.4) is 0 Å². The molecule has 1 aromatic heterocycles. The largest absolute Gasteiger partial charge is 0.468 e. The van der Waals surface area contributed by atoms with Gasteiger partial charge in [0.25, 0.3) is 0 Å². The van der Waals surface area contributed by atoms with Crippen molar-refractivity contribution in [1.29, 1.82) is 0 Å². The maximum atomic E-state index is 5.46. The van der Waals surface area contributed by atoms with Crippen LogP contribution in [0, 0.1) is 11.8 Å². The first-order valence-corrected chi connectivity index (χ1v) is 7.12. The third-order valence-electron chi connectivity index (χ3n) is 4.46. The van der Waals surface area contributed by atoms with Crippen molar-refractivity contribution in [2.45, 2.75) is 57.5 Å². The normalized spacial score (nSPS) is 31.4. The second-order valence-electron chi connectivity index (χ2n) is 5.86. The first-order valence-electron chi connectivity index (χ1n) is 7.12. The lowest BCUT2D eigenvalue weighted by Gasteiger charge is -2.31. The van der Waals surface area contributed by atoms with Crippen molar-refractivity contribution in [3.8, 4) is 0 Å². The van der Waals surface area contributed by atoms with Crippen LogP contribution in [-0.4, -0.2) is 6.04 Å². The Bertz CT molecular complexity index is 342. The predicted molar refractivity (Wildman–Crippen MR) is 68.7 cm³/mol. The van der Waals surface area contributed by atoms with E-state index in [1.54, 1.807) is 6.26 Å². The Morgan fingerprint density at radius 1 is 1.24 bits per heavy atom. The molecule has 0 amide bonds. The van der Waals surface area contributed by atoms with Gasteiger partial charge in [-0.25, -0.2) is 0 Å². The first kappa shape index (κ1) is 11.3. The highest BCUT2D eigenvalue weighted by atomic mass is 16.3. The molecule has 0 bridgehead atoms. The van der Waals surface area contributed by atoms with Crippen molar-refractivity contribution in [2.24, 2.45) is 11.8 Å². The molecule has 1 aromatic rings. The molecule has 2 aliphatic rings. The van der Waals surface area contributed by atoms with Gasteiger partial charge in [-0.2, -0.15) is 0 Å². The fraction of sp³-hybridized carbons (Fsp3) is 0.733. The molecule has 0 aliphatic heterocycles. The summed E-state index contributed by atoms with van der Waals surface area (Å²) in [4.78, 5) is 0.